The summed E-state index contributed by atoms with van der Waals surface area (Å²) < 4.78 is 1.12. The number of carbonyl (C=O) groups excluding carboxylic acids is 1. The lowest BCUT2D eigenvalue weighted by Crippen LogP contribution is -2.33. The van der Waals surface area contributed by atoms with Crippen LogP contribution in [0.4, 0.5) is 5.69 Å². The van der Waals surface area contributed by atoms with Crippen molar-refractivity contribution in [3.8, 4) is 11.3 Å². The van der Waals surface area contributed by atoms with Gasteiger partial charge in [-0.3, -0.25) is 14.6 Å². The Kier molecular flexibility index (Phi) is 5.35. The van der Waals surface area contributed by atoms with Gasteiger partial charge >= 0.3 is 0 Å². The highest BCUT2D eigenvalue weighted by Crippen LogP contribution is 2.30. The number of halogens is 2. The number of nitrogens with zero attached hydrogens (tertiary/aromatic N) is 3. The molecule has 0 aliphatic heterocycles. The van der Waals surface area contributed by atoms with Crippen LogP contribution >= 0.6 is 23.2 Å². The van der Waals surface area contributed by atoms with E-state index in [1.807, 2.05) is 6.07 Å². The van der Waals surface area contributed by atoms with E-state index < -0.39 is 17.5 Å². The van der Waals surface area contributed by atoms with Crippen LogP contribution in [-0.4, -0.2) is 20.7 Å². The summed E-state index contributed by atoms with van der Waals surface area (Å²) in [6, 6.07) is 10.6. The molecular weight excluding hydrogens is 375 g/mol. The van der Waals surface area contributed by atoms with Gasteiger partial charge in [-0.25, -0.2) is 4.68 Å². The molecule has 0 aliphatic rings. The summed E-state index contributed by atoms with van der Waals surface area (Å²) in [4.78, 5) is 28.8. The van der Waals surface area contributed by atoms with Crippen LogP contribution in [0, 0.1) is 0 Å². The average Bonchev–Trinajstić information content (AvgIpc) is 2.66. The summed E-state index contributed by atoms with van der Waals surface area (Å²) in [7, 11) is 0. The van der Waals surface area contributed by atoms with Crippen molar-refractivity contribution in [3.63, 3.8) is 0 Å². The lowest BCUT2D eigenvalue weighted by molar-refractivity contribution is -0.119. The normalized spacial score (nSPS) is 11.8. The Morgan fingerprint density at radius 1 is 1.15 bits per heavy atom. The highest BCUT2D eigenvalue weighted by Gasteiger charge is 2.19. The molecular formula is C18H14Cl2N4O2. The van der Waals surface area contributed by atoms with Gasteiger partial charge in [0, 0.05) is 24.0 Å². The Morgan fingerprint density at radius 3 is 2.69 bits per heavy atom. The van der Waals surface area contributed by atoms with Crippen LogP contribution in [0.3, 0.4) is 0 Å². The average molecular weight is 389 g/mol. The van der Waals surface area contributed by atoms with E-state index in [9.17, 15) is 9.59 Å². The van der Waals surface area contributed by atoms with Crippen LogP contribution in [0.2, 0.25) is 10.0 Å². The molecule has 26 heavy (non-hydrogen) atoms. The van der Waals surface area contributed by atoms with Gasteiger partial charge in [0.05, 0.1) is 21.4 Å². The molecule has 0 saturated carbocycles. The van der Waals surface area contributed by atoms with Gasteiger partial charge in [0.2, 0.25) is 5.91 Å². The molecule has 3 rings (SSSR count). The number of carbonyl (C=O) groups is 1. The number of rotatable bonds is 4. The molecule has 1 amide bonds. The first-order valence-corrected chi connectivity index (χ1v) is 8.48. The predicted octanol–water partition coefficient (Wildman–Crippen LogP) is 3.81. The lowest BCUT2D eigenvalue weighted by atomic mass is 10.2. The van der Waals surface area contributed by atoms with Gasteiger partial charge in [-0.2, -0.15) is 5.10 Å². The Labute approximate surface area is 159 Å². The Morgan fingerprint density at radius 2 is 1.96 bits per heavy atom. The zero-order valence-electron chi connectivity index (χ0n) is 13.7. The van der Waals surface area contributed by atoms with Gasteiger partial charge in [0.1, 0.15) is 6.04 Å². The number of aromatic nitrogens is 3. The van der Waals surface area contributed by atoms with E-state index in [-0.39, 0.29) is 5.02 Å². The molecule has 8 heteroatoms. The van der Waals surface area contributed by atoms with Crippen molar-refractivity contribution in [2.45, 2.75) is 13.0 Å². The Bertz CT molecular complexity index is 1010. The lowest BCUT2D eigenvalue weighted by Gasteiger charge is -2.15. The molecule has 0 fully saturated rings. The third-order valence-electron chi connectivity index (χ3n) is 3.74. The van der Waals surface area contributed by atoms with Crippen LogP contribution in [0.1, 0.15) is 13.0 Å². The van der Waals surface area contributed by atoms with Crippen molar-refractivity contribution in [1.29, 1.82) is 0 Å². The van der Waals surface area contributed by atoms with Gasteiger partial charge < -0.3 is 5.32 Å². The van der Waals surface area contributed by atoms with Crippen LogP contribution in [0.15, 0.2) is 59.7 Å². The maximum Gasteiger partial charge on any atom is 0.267 e. The predicted molar refractivity (Wildman–Crippen MR) is 102 cm³/mol. The minimum Gasteiger partial charge on any atom is -0.323 e. The summed E-state index contributed by atoms with van der Waals surface area (Å²) in [6.45, 7) is 1.58. The zero-order valence-corrected chi connectivity index (χ0v) is 15.2. The first-order chi connectivity index (χ1) is 12.5. The number of hydrogen-bond donors (Lipinski definition) is 1. The third-order valence-corrected chi connectivity index (χ3v) is 4.56. The minimum atomic E-state index is -0.853. The number of nitrogens with one attached hydrogen (secondary N) is 1. The topological polar surface area (TPSA) is 76.9 Å². The quantitative estimate of drug-likeness (QED) is 0.736. The Hall–Kier alpha value is -2.70. The fourth-order valence-corrected chi connectivity index (χ4v) is 2.67. The molecule has 6 nitrogen and oxygen atoms in total. The molecule has 3 aromatic rings. The molecule has 0 aliphatic carbocycles. The van der Waals surface area contributed by atoms with Crippen molar-refractivity contribution < 1.29 is 4.79 Å². The van der Waals surface area contributed by atoms with Gasteiger partial charge in [-0.05, 0) is 37.3 Å². The van der Waals surface area contributed by atoms with Crippen LogP contribution in [0.5, 0.6) is 0 Å². The largest absolute Gasteiger partial charge is 0.323 e. The molecule has 2 aromatic heterocycles. The summed E-state index contributed by atoms with van der Waals surface area (Å²) in [5, 5.41) is 7.52. The van der Waals surface area contributed by atoms with E-state index in [0.717, 1.165) is 10.2 Å². The fraction of sp³-hybridized carbons (Fsp3) is 0.111. The molecule has 0 saturated heterocycles. The van der Waals surface area contributed by atoms with E-state index >= 15 is 0 Å². The second kappa shape index (κ2) is 7.68. The van der Waals surface area contributed by atoms with E-state index in [1.54, 1.807) is 49.6 Å². The van der Waals surface area contributed by atoms with E-state index in [0.29, 0.717) is 16.4 Å². The van der Waals surface area contributed by atoms with Crippen molar-refractivity contribution in [2.24, 2.45) is 0 Å². The number of benzene rings is 1. The summed E-state index contributed by atoms with van der Waals surface area (Å²) in [5.74, 6) is -0.438. The van der Waals surface area contributed by atoms with Gasteiger partial charge in [-0.15, -0.1) is 0 Å². The first kappa shape index (κ1) is 18.1. The zero-order chi connectivity index (χ0) is 18.7. The third kappa shape index (κ3) is 3.76. The molecule has 132 valence electrons. The number of pyridine rings is 1. The minimum absolute atomic E-state index is 0.235. The Balaban J connectivity index is 1.89. The fourth-order valence-electron chi connectivity index (χ4n) is 2.32. The molecule has 1 atom stereocenters. The molecule has 1 N–H and O–H groups in total. The summed E-state index contributed by atoms with van der Waals surface area (Å²) in [6.07, 6.45) is 3.28. The molecule has 0 bridgehead atoms. The SMILES string of the molecule is CC(C(=O)Nc1cccc(Cl)c1Cl)n1nc(-c2cccnc2)ccc1=O. The molecule has 0 radical (unpaired) electrons. The smallest absolute Gasteiger partial charge is 0.267 e. The van der Waals surface area contributed by atoms with Gasteiger partial charge in [0.25, 0.3) is 5.56 Å². The van der Waals surface area contributed by atoms with Crippen molar-refractivity contribution in [2.75, 3.05) is 5.32 Å². The molecule has 2 heterocycles. The molecule has 1 aromatic carbocycles. The maximum absolute atomic E-state index is 12.6. The van der Waals surface area contributed by atoms with Crippen molar-refractivity contribution in [1.82, 2.24) is 14.8 Å². The van der Waals surface area contributed by atoms with Gasteiger partial charge in [-0.1, -0.05) is 29.3 Å². The highest BCUT2D eigenvalue weighted by atomic mass is 35.5. The molecule has 0 spiro atoms. The second-order valence-electron chi connectivity index (χ2n) is 5.51. The van der Waals surface area contributed by atoms with E-state index in [4.69, 9.17) is 23.2 Å². The molecule has 1 unspecified atom stereocenters. The number of amides is 1. The summed E-state index contributed by atoms with van der Waals surface area (Å²) in [5.41, 5.74) is 1.26. The maximum atomic E-state index is 12.6. The summed E-state index contributed by atoms with van der Waals surface area (Å²) >= 11 is 12.0. The standard InChI is InChI=1S/C18H14Cl2N4O2/c1-11(18(26)22-15-6-2-5-13(19)17(15)20)24-16(25)8-7-14(23-24)12-4-3-9-21-10-12/h2-11H,1H3,(H,22,26). The number of anilines is 1. The van der Waals surface area contributed by atoms with E-state index in [2.05, 4.69) is 15.4 Å². The number of hydrogen-bond acceptors (Lipinski definition) is 4. The highest BCUT2D eigenvalue weighted by molar-refractivity contribution is 6.44. The van der Waals surface area contributed by atoms with Crippen molar-refractivity contribution in [3.05, 3.63) is 75.3 Å². The van der Waals surface area contributed by atoms with Crippen molar-refractivity contribution >= 4 is 34.8 Å². The van der Waals surface area contributed by atoms with Gasteiger partial charge in [0.15, 0.2) is 0 Å². The second-order valence-corrected chi connectivity index (χ2v) is 6.29. The first-order valence-electron chi connectivity index (χ1n) is 7.72. The monoisotopic (exact) mass is 388 g/mol. The van der Waals surface area contributed by atoms with Crippen LogP contribution < -0.4 is 10.9 Å². The van der Waals surface area contributed by atoms with E-state index in [1.165, 1.54) is 6.07 Å². The van der Waals surface area contributed by atoms with Crippen LogP contribution in [0.25, 0.3) is 11.3 Å². The van der Waals surface area contributed by atoms with Crippen LogP contribution in [-0.2, 0) is 4.79 Å².